The van der Waals surface area contributed by atoms with Gasteiger partial charge in [-0.2, -0.15) is 0 Å². The molecule has 0 saturated carbocycles. The third-order valence-electron chi connectivity index (χ3n) is 10.5. The summed E-state index contributed by atoms with van der Waals surface area (Å²) < 4.78 is 44.7. The van der Waals surface area contributed by atoms with Crippen LogP contribution in [0.1, 0.15) is 58.3 Å². The molecule has 0 aliphatic carbocycles. The van der Waals surface area contributed by atoms with E-state index >= 15 is 0 Å². The summed E-state index contributed by atoms with van der Waals surface area (Å²) in [7, 11) is 0. The first-order valence-electron chi connectivity index (χ1n) is 19.1. The first kappa shape index (κ1) is 46.8. The van der Waals surface area contributed by atoms with Crippen LogP contribution in [-0.4, -0.2) is 222 Å². The van der Waals surface area contributed by atoms with E-state index < -0.39 is 149 Å². The highest BCUT2D eigenvalue weighted by Gasteiger charge is 2.55. The van der Waals surface area contributed by atoms with Crippen LogP contribution in [0, 0.1) is 0 Å². The normalized spacial score (nSPS) is 45.5. The van der Waals surface area contributed by atoms with Crippen molar-refractivity contribution in [3.05, 3.63) is 0 Å². The maximum atomic E-state index is 11.1. The van der Waals surface area contributed by atoms with Crippen molar-refractivity contribution in [1.82, 2.24) is 0 Å². The van der Waals surface area contributed by atoms with E-state index in [1.807, 2.05) is 0 Å². The quantitative estimate of drug-likeness (QED) is 0.0510. The van der Waals surface area contributed by atoms with Gasteiger partial charge in [0.15, 0.2) is 25.2 Å². The van der Waals surface area contributed by atoms with Gasteiger partial charge in [0.2, 0.25) is 0 Å². The fourth-order valence-corrected chi connectivity index (χ4v) is 7.10. The second-order valence-electron chi connectivity index (χ2n) is 14.5. The largest absolute Gasteiger partial charge is 0.394 e. The monoisotopic (exact) mass is 806 g/mol. The van der Waals surface area contributed by atoms with Crippen molar-refractivity contribution < 1.29 is 104 Å². The van der Waals surface area contributed by atoms with Crippen molar-refractivity contribution in [3.8, 4) is 0 Å². The molecule has 0 aromatic carbocycles. The van der Waals surface area contributed by atoms with Gasteiger partial charge in [0, 0.05) is 6.61 Å². The molecule has 55 heavy (non-hydrogen) atoms. The van der Waals surface area contributed by atoms with Crippen LogP contribution in [-0.2, 0) is 37.9 Å². The lowest BCUT2D eigenvalue weighted by Crippen LogP contribution is -2.67. The standard InChI is InChI=1S/C34H62O21/c1-2-3-4-5-6-7-8-9-10-48-31-25(45)21(41)28(16(12-36)50-31)54-33-27(47)23(43)30(18(14-38)52-33)55-34-26(46)22(42)29(17(13-37)51-34)53-32-24(44)20(40)19(39)15(11-35)49-32/h15-47H,2-14H2,1H3. The maximum absolute atomic E-state index is 11.1. The molecule has 4 aliphatic rings. The maximum Gasteiger partial charge on any atom is 0.187 e. The zero-order valence-electron chi connectivity index (χ0n) is 30.8. The number of aliphatic hydroxyl groups excluding tert-OH is 13. The summed E-state index contributed by atoms with van der Waals surface area (Å²) in [5.41, 5.74) is 0. The second kappa shape index (κ2) is 22.5. The minimum atomic E-state index is -2.01. The molecule has 4 saturated heterocycles. The van der Waals surface area contributed by atoms with Crippen molar-refractivity contribution in [2.24, 2.45) is 0 Å². The molecule has 0 aromatic rings. The number of hydrogen-bond acceptors (Lipinski definition) is 21. The molecule has 21 nitrogen and oxygen atoms in total. The average Bonchev–Trinajstić information content (AvgIpc) is 3.18. The second-order valence-corrected chi connectivity index (χ2v) is 14.5. The third-order valence-corrected chi connectivity index (χ3v) is 10.5. The highest BCUT2D eigenvalue weighted by Crippen LogP contribution is 2.34. The van der Waals surface area contributed by atoms with E-state index in [0.29, 0.717) is 6.42 Å². The van der Waals surface area contributed by atoms with Crippen molar-refractivity contribution in [2.45, 2.75) is 181 Å². The van der Waals surface area contributed by atoms with Gasteiger partial charge in [0.05, 0.1) is 26.4 Å². The number of hydrogen-bond donors (Lipinski definition) is 13. The van der Waals surface area contributed by atoms with E-state index in [1.54, 1.807) is 0 Å². The van der Waals surface area contributed by atoms with E-state index in [2.05, 4.69) is 6.92 Å². The van der Waals surface area contributed by atoms with Gasteiger partial charge in [-0.15, -0.1) is 0 Å². The molecule has 4 rings (SSSR count). The lowest BCUT2D eigenvalue weighted by Gasteiger charge is -2.49. The number of aliphatic hydroxyl groups is 13. The van der Waals surface area contributed by atoms with Crippen LogP contribution in [0.25, 0.3) is 0 Å². The highest BCUT2D eigenvalue weighted by atomic mass is 16.8. The smallest absolute Gasteiger partial charge is 0.187 e. The average molecular weight is 807 g/mol. The summed E-state index contributed by atoms with van der Waals surface area (Å²) in [6.07, 6.45) is -25.5. The van der Waals surface area contributed by atoms with Crippen LogP contribution in [0.15, 0.2) is 0 Å². The van der Waals surface area contributed by atoms with Gasteiger partial charge < -0.3 is 104 Å². The first-order valence-corrected chi connectivity index (χ1v) is 19.1. The molecule has 0 radical (unpaired) electrons. The molecule has 13 N–H and O–H groups in total. The Labute approximate surface area is 318 Å². The van der Waals surface area contributed by atoms with Crippen LogP contribution in [0.4, 0.5) is 0 Å². The molecule has 21 heteroatoms. The van der Waals surface area contributed by atoms with Gasteiger partial charge >= 0.3 is 0 Å². The van der Waals surface area contributed by atoms with Crippen LogP contribution in [0.2, 0.25) is 0 Å². The molecule has 324 valence electrons. The lowest BCUT2D eigenvalue weighted by atomic mass is 9.95. The first-order chi connectivity index (χ1) is 26.3. The Kier molecular flexibility index (Phi) is 19.2. The topological polar surface area (TPSA) is 337 Å². The number of unbranched alkanes of at least 4 members (excludes halogenated alkanes) is 7. The molecule has 0 spiro atoms. The van der Waals surface area contributed by atoms with Gasteiger partial charge in [-0.1, -0.05) is 51.9 Å². The van der Waals surface area contributed by atoms with Gasteiger partial charge in [-0.05, 0) is 6.42 Å². The fraction of sp³-hybridized carbons (Fsp3) is 1.00. The van der Waals surface area contributed by atoms with Crippen molar-refractivity contribution >= 4 is 0 Å². The minimum Gasteiger partial charge on any atom is -0.394 e. The predicted octanol–water partition coefficient (Wildman–Crippen LogP) is -5.58. The van der Waals surface area contributed by atoms with E-state index in [-0.39, 0.29) is 6.61 Å². The molecule has 0 aromatic heterocycles. The number of ether oxygens (including phenoxy) is 8. The predicted molar refractivity (Wildman–Crippen MR) is 180 cm³/mol. The summed E-state index contributed by atoms with van der Waals surface area (Å²) in [5.74, 6) is 0. The van der Waals surface area contributed by atoms with Gasteiger partial charge in [-0.3, -0.25) is 0 Å². The van der Waals surface area contributed by atoms with Gasteiger partial charge in [0.25, 0.3) is 0 Å². The Morgan fingerprint density at radius 2 is 0.691 bits per heavy atom. The Morgan fingerprint density at radius 3 is 1.09 bits per heavy atom. The van der Waals surface area contributed by atoms with Crippen molar-refractivity contribution in [2.75, 3.05) is 33.0 Å². The molecule has 20 atom stereocenters. The third kappa shape index (κ3) is 11.5. The van der Waals surface area contributed by atoms with Crippen molar-refractivity contribution in [1.29, 1.82) is 0 Å². The minimum absolute atomic E-state index is 0.227. The zero-order valence-corrected chi connectivity index (χ0v) is 30.8. The molecular formula is C34H62O21. The van der Waals surface area contributed by atoms with Crippen LogP contribution >= 0.6 is 0 Å². The number of rotatable bonds is 20. The van der Waals surface area contributed by atoms with Crippen LogP contribution in [0.5, 0.6) is 0 Å². The fourth-order valence-electron chi connectivity index (χ4n) is 7.10. The molecule has 20 unspecified atom stereocenters. The molecule has 4 heterocycles. The molecule has 0 amide bonds. The van der Waals surface area contributed by atoms with E-state index in [9.17, 15) is 66.4 Å². The van der Waals surface area contributed by atoms with Crippen LogP contribution in [0.3, 0.4) is 0 Å². The van der Waals surface area contributed by atoms with E-state index in [0.717, 1.165) is 25.7 Å². The lowest BCUT2D eigenvalue weighted by molar-refractivity contribution is -0.388. The zero-order chi connectivity index (χ0) is 40.4. The summed E-state index contributed by atoms with van der Waals surface area (Å²) >= 11 is 0. The van der Waals surface area contributed by atoms with Gasteiger partial charge in [0.1, 0.15) is 97.7 Å². The summed E-state index contributed by atoms with van der Waals surface area (Å²) in [5, 5.41) is 136. The Bertz CT molecular complexity index is 1070. The van der Waals surface area contributed by atoms with Gasteiger partial charge in [-0.25, -0.2) is 0 Å². The molecule has 4 fully saturated rings. The summed E-state index contributed by atoms with van der Waals surface area (Å²) in [6.45, 7) is -0.867. The Hall–Kier alpha value is -0.840. The molecule has 4 aliphatic heterocycles. The highest BCUT2D eigenvalue weighted by molar-refractivity contribution is 4.98. The van der Waals surface area contributed by atoms with Crippen molar-refractivity contribution in [3.63, 3.8) is 0 Å². The molecule has 0 bridgehead atoms. The Balaban J connectivity index is 1.33. The van der Waals surface area contributed by atoms with E-state index in [4.69, 9.17) is 37.9 Å². The van der Waals surface area contributed by atoms with Crippen LogP contribution < -0.4 is 0 Å². The SMILES string of the molecule is CCCCCCCCCCOC1OC(CO)C(OC2OC(CO)C(OC3OC(CO)C(OC4OC(CO)C(O)C(O)C4O)C(O)C3O)C(O)C2O)C(O)C1O. The molecular weight excluding hydrogens is 744 g/mol. The summed E-state index contributed by atoms with van der Waals surface area (Å²) in [6, 6.07) is 0. The Morgan fingerprint density at radius 1 is 0.364 bits per heavy atom. The van der Waals surface area contributed by atoms with E-state index in [1.165, 1.54) is 19.3 Å². The summed E-state index contributed by atoms with van der Waals surface area (Å²) in [4.78, 5) is 0.